The average Bonchev–Trinajstić information content (AvgIpc) is 2.38. The van der Waals surface area contributed by atoms with E-state index in [0.717, 1.165) is 41.2 Å². The van der Waals surface area contributed by atoms with Crippen molar-refractivity contribution in [2.45, 2.75) is 26.7 Å². The Morgan fingerprint density at radius 2 is 2.11 bits per heavy atom. The van der Waals surface area contributed by atoms with Crippen LogP contribution in [0, 0.1) is 11.6 Å². The molecule has 1 aromatic heterocycles. The van der Waals surface area contributed by atoms with Gasteiger partial charge >= 0.3 is 0 Å². The summed E-state index contributed by atoms with van der Waals surface area (Å²) in [4.78, 5) is 7.75. The van der Waals surface area contributed by atoms with E-state index in [1.807, 2.05) is 25.1 Å². The molecule has 0 bridgehead atoms. The number of nitrogens with zero attached hydrogens (tertiary/aromatic N) is 1. The predicted octanol–water partition coefficient (Wildman–Crippen LogP) is 4.08. The maximum absolute atomic E-state index is 5.27. The van der Waals surface area contributed by atoms with Gasteiger partial charge in [0.25, 0.3) is 0 Å². The summed E-state index contributed by atoms with van der Waals surface area (Å²) in [6, 6.07) is 7.94. The van der Waals surface area contributed by atoms with Gasteiger partial charge in [-0.2, -0.15) is 0 Å². The number of ether oxygens (including phenoxy) is 1. The lowest BCUT2D eigenvalue weighted by molar-refractivity contribution is 0.412. The number of aromatic nitrogens is 2. The topological polar surface area (TPSA) is 37.9 Å². The molecule has 0 saturated heterocycles. The molecule has 0 amide bonds. The third-order valence-corrected chi connectivity index (χ3v) is 3.20. The van der Waals surface area contributed by atoms with Crippen LogP contribution in [-0.2, 0) is 6.42 Å². The van der Waals surface area contributed by atoms with Crippen molar-refractivity contribution in [2.24, 2.45) is 0 Å². The smallest absolute Gasteiger partial charge is 0.139 e. The molecule has 2 aromatic rings. The SMILES string of the molecule is CCCc1cc(=S)nc(-c2ccc(OC)c(C)c2)[nH]1. The number of H-pyrrole nitrogens is 1. The zero-order valence-electron chi connectivity index (χ0n) is 11.5. The van der Waals surface area contributed by atoms with E-state index in [1.54, 1.807) is 7.11 Å². The Labute approximate surface area is 118 Å². The molecule has 0 aliphatic rings. The predicted molar refractivity (Wildman–Crippen MR) is 80.1 cm³/mol. The highest BCUT2D eigenvalue weighted by Gasteiger charge is 2.05. The normalized spacial score (nSPS) is 10.5. The molecule has 2 rings (SSSR count). The van der Waals surface area contributed by atoms with Gasteiger partial charge in [0.1, 0.15) is 16.2 Å². The van der Waals surface area contributed by atoms with E-state index < -0.39 is 0 Å². The summed E-state index contributed by atoms with van der Waals surface area (Å²) in [6.07, 6.45) is 2.06. The first-order valence-electron chi connectivity index (χ1n) is 6.39. The quantitative estimate of drug-likeness (QED) is 0.854. The molecule has 1 heterocycles. The summed E-state index contributed by atoms with van der Waals surface area (Å²) >= 11 is 5.23. The second-order valence-corrected chi connectivity index (χ2v) is 4.95. The lowest BCUT2D eigenvalue weighted by Crippen LogP contribution is -1.97. The highest BCUT2D eigenvalue weighted by Crippen LogP contribution is 2.24. The second-order valence-electron chi connectivity index (χ2n) is 4.53. The number of aromatic amines is 1. The number of nitrogens with one attached hydrogen (secondary N) is 1. The van der Waals surface area contributed by atoms with Crippen LogP contribution in [0.2, 0.25) is 0 Å². The van der Waals surface area contributed by atoms with Gasteiger partial charge in [0.15, 0.2) is 0 Å². The van der Waals surface area contributed by atoms with Crippen molar-refractivity contribution in [1.29, 1.82) is 0 Å². The summed E-state index contributed by atoms with van der Waals surface area (Å²) in [5.74, 6) is 1.70. The Morgan fingerprint density at radius 1 is 1.32 bits per heavy atom. The maximum atomic E-state index is 5.27. The van der Waals surface area contributed by atoms with Gasteiger partial charge in [0.2, 0.25) is 0 Å². The van der Waals surface area contributed by atoms with Crippen LogP contribution in [0.1, 0.15) is 24.6 Å². The van der Waals surface area contributed by atoms with Crippen LogP contribution in [0.25, 0.3) is 11.4 Å². The van der Waals surface area contributed by atoms with Gasteiger partial charge in [-0.25, -0.2) is 4.98 Å². The molecule has 0 saturated carbocycles. The van der Waals surface area contributed by atoms with E-state index in [4.69, 9.17) is 17.0 Å². The second kappa shape index (κ2) is 5.97. The van der Waals surface area contributed by atoms with E-state index in [2.05, 4.69) is 23.0 Å². The first kappa shape index (κ1) is 13.7. The number of benzene rings is 1. The Kier molecular flexibility index (Phi) is 4.32. The molecule has 0 atom stereocenters. The largest absolute Gasteiger partial charge is 0.496 e. The zero-order valence-corrected chi connectivity index (χ0v) is 12.3. The zero-order chi connectivity index (χ0) is 13.8. The minimum atomic E-state index is 0.630. The summed E-state index contributed by atoms with van der Waals surface area (Å²) in [5.41, 5.74) is 3.25. The van der Waals surface area contributed by atoms with Gasteiger partial charge in [0, 0.05) is 11.3 Å². The Morgan fingerprint density at radius 3 is 2.74 bits per heavy atom. The number of aryl methyl sites for hydroxylation is 2. The molecule has 0 fully saturated rings. The highest BCUT2D eigenvalue weighted by atomic mass is 32.1. The van der Waals surface area contributed by atoms with E-state index in [-0.39, 0.29) is 0 Å². The molecule has 0 aliphatic carbocycles. The maximum Gasteiger partial charge on any atom is 0.139 e. The summed E-state index contributed by atoms with van der Waals surface area (Å²) in [7, 11) is 1.68. The van der Waals surface area contributed by atoms with Gasteiger partial charge in [-0.15, -0.1) is 0 Å². The van der Waals surface area contributed by atoms with Crippen molar-refractivity contribution in [1.82, 2.24) is 9.97 Å². The van der Waals surface area contributed by atoms with E-state index in [0.29, 0.717) is 4.64 Å². The van der Waals surface area contributed by atoms with Crippen molar-refractivity contribution in [2.75, 3.05) is 7.11 Å². The Balaban J connectivity index is 2.46. The Hall–Kier alpha value is -1.68. The summed E-state index contributed by atoms with van der Waals surface area (Å²) in [5, 5.41) is 0. The third kappa shape index (κ3) is 3.20. The lowest BCUT2D eigenvalue weighted by atomic mass is 10.1. The van der Waals surface area contributed by atoms with Gasteiger partial charge < -0.3 is 9.72 Å². The fraction of sp³-hybridized carbons (Fsp3) is 0.333. The molecular formula is C15H18N2OS. The minimum Gasteiger partial charge on any atom is -0.496 e. The molecule has 0 unspecified atom stereocenters. The molecule has 1 N–H and O–H groups in total. The van der Waals surface area contributed by atoms with Crippen LogP contribution >= 0.6 is 12.2 Å². The summed E-state index contributed by atoms with van der Waals surface area (Å²) < 4.78 is 5.90. The molecule has 0 aliphatic heterocycles. The Bertz CT molecular complexity index is 634. The minimum absolute atomic E-state index is 0.630. The van der Waals surface area contributed by atoms with Crippen LogP contribution in [0.15, 0.2) is 24.3 Å². The fourth-order valence-electron chi connectivity index (χ4n) is 2.07. The lowest BCUT2D eigenvalue weighted by Gasteiger charge is -2.08. The first-order chi connectivity index (χ1) is 9.13. The van der Waals surface area contributed by atoms with Gasteiger partial charge in [-0.05, 0) is 43.2 Å². The molecule has 0 radical (unpaired) electrons. The molecule has 1 aromatic carbocycles. The van der Waals surface area contributed by atoms with E-state index in [9.17, 15) is 0 Å². The number of rotatable bonds is 4. The molecule has 4 heteroatoms. The molecule has 100 valence electrons. The first-order valence-corrected chi connectivity index (χ1v) is 6.80. The van der Waals surface area contributed by atoms with Gasteiger partial charge in [-0.1, -0.05) is 25.6 Å². The van der Waals surface area contributed by atoms with Crippen molar-refractivity contribution in [3.8, 4) is 17.1 Å². The number of hydrogen-bond acceptors (Lipinski definition) is 3. The molecule has 0 spiro atoms. The van der Waals surface area contributed by atoms with Crippen molar-refractivity contribution >= 4 is 12.2 Å². The van der Waals surface area contributed by atoms with E-state index in [1.165, 1.54) is 0 Å². The van der Waals surface area contributed by atoms with Gasteiger partial charge in [-0.3, -0.25) is 0 Å². The number of methoxy groups -OCH3 is 1. The van der Waals surface area contributed by atoms with Crippen LogP contribution in [0.5, 0.6) is 5.75 Å². The van der Waals surface area contributed by atoms with Gasteiger partial charge in [0.05, 0.1) is 7.11 Å². The van der Waals surface area contributed by atoms with Crippen molar-refractivity contribution < 1.29 is 4.74 Å². The third-order valence-electron chi connectivity index (χ3n) is 2.99. The number of hydrogen-bond donors (Lipinski definition) is 1. The summed E-state index contributed by atoms with van der Waals surface area (Å²) in [6.45, 7) is 4.17. The average molecular weight is 274 g/mol. The van der Waals surface area contributed by atoms with Crippen LogP contribution < -0.4 is 4.74 Å². The monoisotopic (exact) mass is 274 g/mol. The molecular weight excluding hydrogens is 256 g/mol. The van der Waals surface area contributed by atoms with Crippen LogP contribution in [0.4, 0.5) is 0 Å². The van der Waals surface area contributed by atoms with Crippen molar-refractivity contribution in [3.63, 3.8) is 0 Å². The molecule has 19 heavy (non-hydrogen) atoms. The highest BCUT2D eigenvalue weighted by molar-refractivity contribution is 7.71. The standard InChI is InChI=1S/C15H18N2OS/c1-4-5-12-9-14(19)17-15(16-12)11-6-7-13(18-3)10(2)8-11/h6-9H,4-5H2,1-3H3,(H,16,17,19). The van der Waals surface area contributed by atoms with Crippen LogP contribution in [0.3, 0.4) is 0 Å². The van der Waals surface area contributed by atoms with Crippen molar-refractivity contribution in [3.05, 3.63) is 40.2 Å². The molecule has 3 nitrogen and oxygen atoms in total. The van der Waals surface area contributed by atoms with E-state index >= 15 is 0 Å². The fourth-order valence-corrected chi connectivity index (χ4v) is 2.31. The van der Waals surface area contributed by atoms with Crippen LogP contribution in [-0.4, -0.2) is 17.1 Å².